The third-order valence-corrected chi connectivity index (χ3v) is 7.98. The van der Waals surface area contributed by atoms with Gasteiger partial charge in [-0.3, -0.25) is 4.90 Å². The van der Waals surface area contributed by atoms with Crippen molar-refractivity contribution in [2.45, 2.75) is 56.9 Å². The predicted molar refractivity (Wildman–Crippen MR) is 115 cm³/mol. The number of piperidine rings is 1. The van der Waals surface area contributed by atoms with Crippen molar-refractivity contribution in [3.8, 4) is 5.75 Å². The molecule has 4 atom stereocenters. The van der Waals surface area contributed by atoms with Crippen LogP contribution in [0.25, 0.3) is 0 Å². The van der Waals surface area contributed by atoms with E-state index in [2.05, 4.69) is 60.4 Å². The van der Waals surface area contributed by atoms with Gasteiger partial charge < -0.3 is 4.74 Å². The minimum Gasteiger partial charge on any atom is -0.497 e. The Morgan fingerprint density at radius 2 is 1.96 bits per heavy atom. The fraction of sp³-hybridized carbons (Fsp3) is 0.538. The van der Waals surface area contributed by atoms with E-state index in [9.17, 15) is 0 Å². The van der Waals surface area contributed by atoms with E-state index in [4.69, 9.17) is 4.74 Å². The van der Waals surface area contributed by atoms with Gasteiger partial charge in [0, 0.05) is 18.0 Å². The highest BCUT2D eigenvalue weighted by molar-refractivity contribution is 5.45. The van der Waals surface area contributed by atoms with Gasteiger partial charge in [0.25, 0.3) is 0 Å². The third-order valence-electron chi connectivity index (χ3n) is 7.98. The number of likely N-dealkylation sites (tertiary alicyclic amines) is 1. The molecule has 1 saturated heterocycles. The molecule has 2 nitrogen and oxygen atoms in total. The first kappa shape index (κ1) is 18.2. The first-order valence-electron chi connectivity index (χ1n) is 11.1. The van der Waals surface area contributed by atoms with Crippen LogP contribution in [0.15, 0.2) is 48.5 Å². The van der Waals surface area contributed by atoms with Gasteiger partial charge in [-0.1, -0.05) is 49.7 Å². The van der Waals surface area contributed by atoms with E-state index in [0.717, 1.165) is 17.6 Å². The fourth-order valence-electron chi connectivity index (χ4n) is 6.69. The van der Waals surface area contributed by atoms with E-state index in [1.807, 2.05) is 0 Å². The van der Waals surface area contributed by atoms with Crippen LogP contribution in [-0.4, -0.2) is 31.1 Å². The van der Waals surface area contributed by atoms with E-state index in [1.165, 1.54) is 57.2 Å². The molecule has 0 radical (unpaired) electrons. The molecule has 3 aliphatic rings. The maximum absolute atomic E-state index is 5.62. The van der Waals surface area contributed by atoms with Crippen LogP contribution in [0.5, 0.6) is 5.75 Å². The zero-order valence-corrected chi connectivity index (χ0v) is 17.4. The molecule has 1 aliphatic heterocycles. The second-order valence-electron chi connectivity index (χ2n) is 9.47. The average Bonchev–Trinajstić information content (AvgIpc) is 2.73. The Bertz CT molecular complexity index is 832. The lowest BCUT2D eigenvalue weighted by Crippen LogP contribution is -2.61. The summed E-state index contributed by atoms with van der Waals surface area (Å²) >= 11 is 0. The number of methoxy groups -OCH3 is 1. The summed E-state index contributed by atoms with van der Waals surface area (Å²) in [5, 5.41) is 0. The summed E-state index contributed by atoms with van der Waals surface area (Å²) in [5.41, 5.74) is 5.06. The van der Waals surface area contributed by atoms with Crippen LogP contribution in [0.1, 0.15) is 49.3 Å². The monoisotopic (exact) mass is 375 g/mol. The molecule has 0 aromatic heterocycles. The Hall–Kier alpha value is -1.80. The normalized spacial score (nSPS) is 31.7. The summed E-state index contributed by atoms with van der Waals surface area (Å²) in [5.74, 6) is 2.69. The quantitative estimate of drug-likeness (QED) is 0.724. The Morgan fingerprint density at radius 1 is 1.11 bits per heavy atom. The average molecular weight is 376 g/mol. The SMILES string of the molecule is COc1ccc2c(c1)[C@]13CCN(CCc4ccccc4)[C@H](C2)[C@@H]1CC[C@H](C)C3. The maximum Gasteiger partial charge on any atom is 0.119 e. The summed E-state index contributed by atoms with van der Waals surface area (Å²) < 4.78 is 5.62. The topological polar surface area (TPSA) is 12.5 Å². The Kier molecular flexibility index (Phi) is 4.71. The molecular weight excluding hydrogens is 342 g/mol. The van der Waals surface area contributed by atoms with Crippen LogP contribution in [0.4, 0.5) is 0 Å². The van der Waals surface area contributed by atoms with Crippen molar-refractivity contribution in [3.63, 3.8) is 0 Å². The van der Waals surface area contributed by atoms with E-state index in [1.54, 1.807) is 18.2 Å². The lowest BCUT2D eigenvalue weighted by Gasteiger charge is -2.60. The van der Waals surface area contributed by atoms with Crippen LogP contribution >= 0.6 is 0 Å². The number of benzene rings is 2. The van der Waals surface area contributed by atoms with Gasteiger partial charge in [-0.25, -0.2) is 0 Å². The fourth-order valence-corrected chi connectivity index (χ4v) is 6.69. The smallest absolute Gasteiger partial charge is 0.119 e. The lowest BCUT2D eigenvalue weighted by molar-refractivity contribution is -0.0229. The third kappa shape index (κ3) is 2.97. The largest absolute Gasteiger partial charge is 0.497 e. The summed E-state index contributed by atoms with van der Waals surface area (Å²) in [6.07, 6.45) is 7.85. The molecule has 28 heavy (non-hydrogen) atoms. The van der Waals surface area contributed by atoms with E-state index < -0.39 is 0 Å². The minimum atomic E-state index is 0.383. The van der Waals surface area contributed by atoms with Crippen molar-refractivity contribution in [1.29, 1.82) is 0 Å². The molecule has 2 aromatic carbocycles. The van der Waals surface area contributed by atoms with Crippen LogP contribution in [-0.2, 0) is 18.3 Å². The molecule has 0 N–H and O–H groups in total. The van der Waals surface area contributed by atoms with Gasteiger partial charge in [0.05, 0.1) is 7.11 Å². The van der Waals surface area contributed by atoms with Crippen molar-refractivity contribution >= 4 is 0 Å². The van der Waals surface area contributed by atoms with Gasteiger partial charge in [-0.2, -0.15) is 0 Å². The number of rotatable bonds is 4. The second kappa shape index (κ2) is 7.22. The summed E-state index contributed by atoms with van der Waals surface area (Å²) in [6, 6.07) is 18.6. The van der Waals surface area contributed by atoms with Crippen molar-refractivity contribution in [2.75, 3.05) is 20.2 Å². The molecule has 2 aliphatic carbocycles. The molecule has 0 spiro atoms. The molecule has 2 aromatic rings. The standard InChI is InChI=1S/C26H33NO/c1-19-8-11-23-25-16-21-9-10-22(28-2)17-24(21)26(23,18-19)13-15-27(25)14-12-20-6-4-3-5-7-20/h3-7,9-10,17,19,23,25H,8,11-16,18H2,1-2H3/t19-,23-,25+,26-/m0/s1. The zero-order valence-electron chi connectivity index (χ0n) is 17.4. The number of hydrogen-bond acceptors (Lipinski definition) is 2. The molecule has 2 heteroatoms. The van der Waals surface area contributed by atoms with Gasteiger partial charge >= 0.3 is 0 Å². The number of hydrogen-bond donors (Lipinski definition) is 0. The van der Waals surface area contributed by atoms with Crippen LogP contribution in [0.2, 0.25) is 0 Å². The van der Waals surface area contributed by atoms with E-state index in [0.29, 0.717) is 11.5 Å². The van der Waals surface area contributed by atoms with Crippen LogP contribution in [0.3, 0.4) is 0 Å². The second-order valence-corrected chi connectivity index (χ2v) is 9.47. The zero-order chi connectivity index (χ0) is 19.1. The van der Waals surface area contributed by atoms with Crippen LogP contribution < -0.4 is 4.74 Å². The number of ether oxygens (including phenoxy) is 1. The molecule has 0 amide bonds. The molecule has 1 heterocycles. The summed E-state index contributed by atoms with van der Waals surface area (Å²) in [4.78, 5) is 2.83. The molecule has 1 saturated carbocycles. The van der Waals surface area contributed by atoms with E-state index >= 15 is 0 Å². The van der Waals surface area contributed by atoms with E-state index in [-0.39, 0.29) is 0 Å². The molecule has 2 fully saturated rings. The van der Waals surface area contributed by atoms with Gasteiger partial charge in [0.15, 0.2) is 0 Å². The predicted octanol–water partition coefficient (Wildman–Crippen LogP) is 5.24. The van der Waals surface area contributed by atoms with Crippen LogP contribution in [0, 0.1) is 11.8 Å². The molecule has 148 valence electrons. The highest BCUT2D eigenvalue weighted by atomic mass is 16.5. The summed E-state index contributed by atoms with van der Waals surface area (Å²) in [7, 11) is 1.80. The Morgan fingerprint density at radius 3 is 2.79 bits per heavy atom. The Balaban J connectivity index is 1.46. The van der Waals surface area contributed by atoms with Gasteiger partial charge in [-0.05, 0) is 79.3 Å². The number of fused-ring (bicyclic) bond motifs is 1. The number of nitrogens with zero attached hydrogens (tertiary/aromatic N) is 1. The van der Waals surface area contributed by atoms with Crippen molar-refractivity contribution in [3.05, 3.63) is 65.2 Å². The van der Waals surface area contributed by atoms with Gasteiger partial charge in [0.1, 0.15) is 5.75 Å². The van der Waals surface area contributed by atoms with Crippen molar-refractivity contribution in [1.82, 2.24) is 4.90 Å². The molecule has 5 rings (SSSR count). The molecule has 2 bridgehead atoms. The van der Waals surface area contributed by atoms with Crippen molar-refractivity contribution < 1.29 is 4.74 Å². The highest BCUT2D eigenvalue weighted by Crippen LogP contribution is 2.57. The molecule has 0 unspecified atom stereocenters. The van der Waals surface area contributed by atoms with Crippen molar-refractivity contribution in [2.24, 2.45) is 11.8 Å². The minimum absolute atomic E-state index is 0.383. The van der Waals surface area contributed by atoms with Gasteiger partial charge in [-0.15, -0.1) is 0 Å². The highest BCUT2D eigenvalue weighted by Gasteiger charge is 2.54. The van der Waals surface area contributed by atoms with Gasteiger partial charge in [0.2, 0.25) is 0 Å². The maximum atomic E-state index is 5.62. The first-order chi connectivity index (χ1) is 13.7. The first-order valence-corrected chi connectivity index (χ1v) is 11.1. The molecular formula is C26H33NO. The lowest BCUT2D eigenvalue weighted by atomic mass is 9.51. The summed E-state index contributed by atoms with van der Waals surface area (Å²) in [6.45, 7) is 4.91. The Labute approximate surface area is 169 Å².